The third kappa shape index (κ3) is 5.58. The fourth-order valence-corrected chi connectivity index (χ4v) is 5.09. The van der Waals surface area contributed by atoms with Crippen molar-refractivity contribution in [2.45, 2.75) is 97.1 Å². The van der Waals surface area contributed by atoms with Crippen LogP contribution >= 0.6 is 0 Å². The molecule has 0 spiro atoms. The smallest absolute Gasteiger partial charge is 0.311 e. The number of hydrogen-bond donors (Lipinski definition) is 2. The molecule has 174 valence electrons. The summed E-state index contributed by atoms with van der Waals surface area (Å²) in [5, 5.41) is 20.7. The van der Waals surface area contributed by atoms with Crippen LogP contribution < -0.4 is 0 Å². The van der Waals surface area contributed by atoms with Gasteiger partial charge in [-0.3, -0.25) is 9.59 Å². The lowest BCUT2D eigenvalue weighted by molar-refractivity contribution is -0.168. The predicted octanol–water partition coefficient (Wildman–Crippen LogP) is 3.70. The molecule has 0 saturated carbocycles. The third-order valence-electron chi connectivity index (χ3n) is 7.36. The first-order chi connectivity index (χ1) is 14.4. The molecular weight excluding hydrogens is 396 g/mol. The number of allylic oxidation sites excluding steroid dienone is 2. The van der Waals surface area contributed by atoms with Gasteiger partial charge in [0, 0.05) is 18.8 Å². The number of aliphatic hydroxyl groups excluding tert-OH is 1. The van der Waals surface area contributed by atoms with Crippen molar-refractivity contribution in [3.63, 3.8) is 0 Å². The first-order valence-corrected chi connectivity index (χ1v) is 11.6. The van der Waals surface area contributed by atoms with Gasteiger partial charge in [0.2, 0.25) is 0 Å². The van der Waals surface area contributed by atoms with E-state index in [2.05, 4.69) is 19.1 Å². The SMILES string of the molecule is CCC(C)(C)C(=O)O[C@H]1C[C@@](C)(O)C=C2C=C[C@H](C)[C@H](CC[C@@H]3C[C@@H](O)CC(=O)O3)[C@H]21. The van der Waals surface area contributed by atoms with Crippen molar-refractivity contribution in [2.75, 3.05) is 0 Å². The maximum atomic E-state index is 12.9. The summed E-state index contributed by atoms with van der Waals surface area (Å²) in [5.74, 6) is -0.144. The van der Waals surface area contributed by atoms with Crippen molar-refractivity contribution < 1.29 is 29.3 Å². The van der Waals surface area contributed by atoms with E-state index in [-0.39, 0.29) is 42.2 Å². The van der Waals surface area contributed by atoms with E-state index >= 15 is 0 Å². The van der Waals surface area contributed by atoms with E-state index in [1.807, 2.05) is 26.8 Å². The lowest BCUT2D eigenvalue weighted by atomic mass is 9.64. The second-order valence-corrected chi connectivity index (χ2v) is 10.6. The summed E-state index contributed by atoms with van der Waals surface area (Å²) in [7, 11) is 0. The van der Waals surface area contributed by atoms with Crippen LogP contribution in [-0.2, 0) is 19.1 Å². The number of carbonyl (C=O) groups is 2. The van der Waals surface area contributed by atoms with Crippen molar-refractivity contribution in [1.29, 1.82) is 0 Å². The van der Waals surface area contributed by atoms with Gasteiger partial charge in [0.15, 0.2) is 0 Å². The average molecular weight is 435 g/mol. The molecule has 2 N–H and O–H groups in total. The van der Waals surface area contributed by atoms with Crippen LogP contribution in [0, 0.1) is 23.2 Å². The lowest BCUT2D eigenvalue weighted by Crippen LogP contribution is -2.47. The molecule has 1 heterocycles. The number of hydrogen-bond acceptors (Lipinski definition) is 6. The summed E-state index contributed by atoms with van der Waals surface area (Å²) in [5.41, 5.74) is -0.608. The second kappa shape index (κ2) is 9.07. The molecule has 0 bridgehead atoms. The normalized spacial score (nSPS) is 38.2. The van der Waals surface area contributed by atoms with Crippen LogP contribution in [0.1, 0.15) is 73.1 Å². The summed E-state index contributed by atoms with van der Waals surface area (Å²) in [6.45, 7) is 9.65. The van der Waals surface area contributed by atoms with Gasteiger partial charge in [-0.1, -0.05) is 26.0 Å². The Hall–Kier alpha value is -1.66. The molecule has 31 heavy (non-hydrogen) atoms. The maximum absolute atomic E-state index is 12.9. The van der Waals surface area contributed by atoms with E-state index in [1.54, 1.807) is 6.92 Å². The minimum Gasteiger partial charge on any atom is -0.462 e. The van der Waals surface area contributed by atoms with E-state index in [4.69, 9.17) is 9.47 Å². The highest BCUT2D eigenvalue weighted by molar-refractivity contribution is 5.76. The molecule has 1 aliphatic heterocycles. The standard InChI is InChI=1S/C25H38O6/c1-6-24(3,4)23(28)31-20-14-25(5,29)13-16-8-7-15(2)19(22(16)20)10-9-18-11-17(26)12-21(27)30-18/h7-8,13,15,17-20,22,26,29H,6,9-12,14H2,1-5H3/t15-,17+,18+,19-,20-,22-,25-/m0/s1. The highest BCUT2D eigenvalue weighted by Gasteiger charge is 2.46. The maximum Gasteiger partial charge on any atom is 0.311 e. The van der Waals surface area contributed by atoms with Gasteiger partial charge in [0.05, 0.1) is 23.5 Å². The van der Waals surface area contributed by atoms with Gasteiger partial charge in [-0.2, -0.15) is 0 Å². The Bertz CT molecular complexity index is 749. The number of fused-ring (bicyclic) bond motifs is 1. The van der Waals surface area contributed by atoms with Crippen LogP contribution in [0.5, 0.6) is 0 Å². The van der Waals surface area contributed by atoms with Crippen molar-refractivity contribution in [3.05, 3.63) is 23.8 Å². The van der Waals surface area contributed by atoms with Crippen molar-refractivity contribution in [2.24, 2.45) is 23.2 Å². The third-order valence-corrected chi connectivity index (χ3v) is 7.36. The summed E-state index contributed by atoms with van der Waals surface area (Å²) < 4.78 is 11.5. The molecule has 6 heteroatoms. The van der Waals surface area contributed by atoms with E-state index in [9.17, 15) is 19.8 Å². The monoisotopic (exact) mass is 434 g/mol. The Kier molecular flexibility index (Phi) is 7.02. The van der Waals surface area contributed by atoms with Crippen molar-refractivity contribution in [3.8, 4) is 0 Å². The highest BCUT2D eigenvalue weighted by Crippen LogP contribution is 2.46. The van der Waals surface area contributed by atoms with Gasteiger partial charge in [-0.15, -0.1) is 0 Å². The lowest BCUT2D eigenvalue weighted by Gasteiger charge is -2.45. The topological polar surface area (TPSA) is 93.1 Å². The van der Waals surface area contributed by atoms with Gasteiger partial charge in [0.25, 0.3) is 0 Å². The number of aliphatic hydroxyl groups is 2. The molecule has 7 atom stereocenters. The minimum absolute atomic E-state index is 0.0129. The first kappa shape index (κ1) is 24.0. The molecule has 0 aromatic carbocycles. The summed E-state index contributed by atoms with van der Waals surface area (Å²) >= 11 is 0. The Morgan fingerprint density at radius 3 is 2.71 bits per heavy atom. The average Bonchev–Trinajstić information content (AvgIpc) is 2.66. The van der Waals surface area contributed by atoms with E-state index in [0.29, 0.717) is 25.7 Å². The van der Waals surface area contributed by atoms with E-state index < -0.39 is 23.2 Å². The Labute approximate surface area is 185 Å². The zero-order valence-electron chi connectivity index (χ0n) is 19.5. The second-order valence-electron chi connectivity index (χ2n) is 10.6. The number of carbonyl (C=O) groups excluding carboxylic acids is 2. The molecule has 2 aliphatic carbocycles. The van der Waals surface area contributed by atoms with Crippen LogP contribution in [0.25, 0.3) is 0 Å². The van der Waals surface area contributed by atoms with Crippen LogP contribution in [0.3, 0.4) is 0 Å². The fraction of sp³-hybridized carbons (Fsp3) is 0.760. The Morgan fingerprint density at radius 1 is 1.35 bits per heavy atom. The molecule has 1 saturated heterocycles. The van der Waals surface area contributed by atoms with Gasteiger partial charge in [0.1, 0.15) is 12.2 Å². The number of esters is 2. The zero-order chi connectivity index (χ0) is 23.0. The van der Waals surface area contributed by atoms with Crippen LogP contribution in [0.2, 0.25) is 0 Å². The molecule has 3 aliphatic rings. The van der Waals surface area contributed by atoms with Crippen LogP contribution in [-0.4, -0.2) is 46.1 Å². The number of cyclic esters (lactones) is 1. The zero-order valence-corrected chi connectivity index (χ0v) is 19.5. The molecule has 3 rings (SSSR count). The quantitative estimate of drug-likeness (QED) is 0.619. The molecular formula is C25H38O6. The van der Waals surface area contributed by atoms with Crippen LogP contribution in [0.15, 0.2) is 23.8 Å². The summed E-state index contributed by atoms with van der Waals surface area (Å²) in [6, 6.07) is 0. The van der Waals surface area contributed by atoms with E-state index in [1.165, 1.54) is 0 Å². The van der Waals surface area contributed by atoms with Gasteiger partial charge in [-0.05, 0) is 63.5 Å². The highest BCUT2D eigenvalue weighted by atomic mass is 16.6. The minimum atomic E-state index is -1.04. The summed E-state index contributed by atoms with van der Waals surface area (Å²) in [4.78, 5) is 24.6. The molecule has 6 nitrogen and oxygen atoms in total. The molecule has 0 radical (unpaired) electrons. The van der Waals surface area contributed by atoms with Crippen molar-refractivity contribution >= 4 is 11.9 Å². The molecule has 0 unspecified atom stereocenters. The largest absolute Gasteiger partial charge is 0.462 e. The Balaban J connectivity index is 1.81. The molecule has 0 aromatic heterocycles. The van der Waals surface area contributed by atoms with E-state index in [0.717, 1.165) is 12.0 Å². The van der Waals surface area contributed by atoms with Gasteiger partial charge < -0.3 is 19.7 Å². The first-order valence-electron chi connectivity index (χ1n) is 11.6. The summed E-state index contributed by atoms with van der Waals surface area (Å²) in [6.07, 6.45) is 7.77. The van der Waals surface area contributed by atoms with Crippen molar-refractivity contribution in [1.82, 2.24) is 0 Å². The van der Waals surface area contributed by atoms with Gasteiger partial charge >= 0.3 is 11.9 Å². The predicted molar refractivity (Wildman–Crippen MR) is 117 cm³/mol. The number of ether oxygens (including phenoxy) is 2. The molecule has 0 aromatic rings. The molecule has 1 fully saturated rings. The Morgan fingerprint density at radius 2 is 2.06 bits per heavy atom. The van der Waals surface area contributed by atoms with Gasteiger partial charge in [-0.25, -0.2) is 0 Å². The number of rotatable bonds is 6. The van der Waals surface area contributed by atoms with Crippen LogP contribution in [0.4, 0.5) is 0 Å². The molecule has 0 amide bonds. The fourth-order valence-electron chi connectivity index (χ4n) is 5.09.